The summed E-state index contributed by atoms with van der Waals surface area (Å²) in [7, 11) is 0. The third kappa shape index (κ3) is 5.59. The van der Waals surface area contributed by atoms with Crippen molar-refractivity contribution in [2.24, 2.45) is 0 Å². The van der Waals surface area contributed by atoms with Crippen LogP contribution in [0.3, 0.4) is 0 Å². The Balaban J connectivity index is 1.89. The Kier molecular flexibility index (Phi) is 6.99. The second kappa shape index (κ2) is 8.99. The van der Waals surface area contributed by atoms with E-state index in [2.05, 4.69) is 10.2 Å². The molecule has 0 aromatic heterocycles. The van der Waals surface area contributed by atoms with Gasteiger partial charge in [0.2, 0.25) is 5.91 Å². The lowest BCUT2D eigenvalue weighted by atomic mass is 10.00. The van der Waals surface area contributed by atoms with Crippen LogP contribution in [0, 0.1) is 5.82 Å². The van der Waals surface area contributed by atoms with Gasteiger partial charge in [-0.15, -0.1) is 0 Å². The number of aliphatic hydroxyl groups is 1. The van der Waals surface area contributed by atoms with E-state index in [0.29, 0.717) is 25.9 Å². The molecule has 0 aliphatic carbocycles. The van der Waals surface area contributed by atoms with Crippen molar-refractivity contribution >= 4 is 5.91 Å². The molecular weight excluding hydrogens is 295 g/mol. The van der Waals surface area contributed by atoms with Crippen LogP contribution in [0.2, 0.25) is 0 Å². The highest BCUT2D eigenvalue weighted by Crippen LogP contribution is 2.20. The van der Waals surface area contributed by atoms with Crippen LogP contribution in [0.15, 0.2) is 24.3 Å². The monoisotopic (exact) mass is 322 g/mol. The number of carbonyl (C=O) groups excluding carboxylic acids is 1. The smallest absolute Gasteiger partial charge is 0.237 e. The topological polar surface area (TPSA) is 52.6 Å². The standard InChI is InChI=1S/C18H27FN2O2/c1-2-16(22)10-11-20-18(23)17-5-3-4-12-21(17)13-14-6-8-15(19)9-7-14/h6-9,16-17,22H,2-5,10-13H2,1H3,(H,20,23). The maximum atomic E-state index is 13.0. The van der Waals surface area contributed by atoms with Gasteiger partial charge < -0.3 is 10.4 Å². The van der Waals surface area contributed by atoms with Crippen molar-refractivity contribution in [2.45, 2.75) is 57.7 Å². The number of nitrogens with one attached hydrogen (secondary N) is 1. The molecule has 23 heavy (non-hydrogen) atoms. The van der Waals surface area contributed by atoms with Crippen LogP contribution in [0.4, 0.5) is 4.39 Å². The van der Waals surface area contributed by atoms with Crippen LogP contribution in [0.25, 0.3) is 0 Å². The van der Waals surface area contributed by atoms with E-state index in [1.54, 1.807) is 12.1 Å². The third-order valence-electron chi connectivity index (χ3n) is 4.46. The molecule has 0 bridgehead atoms. The molecule has 0 radical (unpaired) electrons. The molecule has 2 atom stereocenters. The molecule has 0 saturated carbocycles. The Hall–Kier alpha value is -1.46. The normalized spacial score (nSPS) is 20.2. The zero-order chi connectivity index (χ0) is 16.7. The number of rotatable bonds is 7. The van der Waals surface area contributed by atoms with Gasteiger partial charge in [-0.1, -0.05) is 25.5 Å². The molecular formula is C18H27FN2O2. The lowest BCUT2D eigenvalue weighted by Gasteiger charge is -2.34. The summed E-state index contributed by atoms with van der Waals surface area (Å²) in [5.41, 5.74) is 1.02. The average Bonchev–Trinajstić information content (AvgIpc) is 2.57. The second-order valence-corrected chi connectivity index (χ2v) is 6.25. The number of aliphatic hydroxyl groups excluding tert-OH is 1. The lowest BCUT2D eigenvalue weighted by molar-refractivity contribution is -0.128. The van der Waals surface area contributed by atoms with Gasteiger partial charge in [-0.2, -0.15) is 0 Å². The summed E-state index contributed by atoms with van der Waals surface area (Å²) in [5.74, 6) is -0.203. The number of halogens is 1. The summed E-state index contributed by atoms with van der Waals surface area (Å²) in [6.07, 6.45) is 3.93. The third-order valence-corrected chi connectivity index (χ3v) is 4.46. The maximum absolute atomic E-state index is 13.0. The van der Waals surface area contributed by atoms with Crippen molar-refractivity contribution in [1.29, 1.82) is 0 Å². The Labute approximate surface area is 137 Å². The van der Waals surface area contributed by atoms with E-state index in [0.717, 1.165) is 31.4 Å². The molecule has 1 saturated heterocycles. The zero-order valence-corrected chi connectivity index (χ0v) is 13.8. The largest absolute Gasteiger partial charge is 0.393 e. The number of hydrogen-bond acceptors (Lipinski definition) is 3. The number of hydrogen-bond donors (Lipinski definition) is 2. The first-order chi connectivity index (χ1) is 11.1. The van der Waals surface area contributed by atoms with Gasteiger partial charge in [0, 0.05) is 13.1 Å². The molecule has 4 nitrogen and oxygen atoms in total. The Morgan fingerprint density at radius 2 is 2.13 bits per heavy atom. The molecule has 5 heteroatoms. The fourth-order valence-corrected chi connectivity index (χ4v) is 2.99. The molecule has 1 aromatic rings. The van der Waals surface area contributed by atoms with Gasteiger partial charge in [-0.25, -0.2) is 4.39 Å². The van der Waals surface area contributed by atoms with Crippen LogP contribution in [0.1, 0.15) is 44.6 Å². The van der Waals surface area contributed by atoms with Gasteiger partial charge in [0.15, 0.2) is 0 Å². The molecule has 1 aromatic carbocycles. The van der Waals surface area contributed by atoms with Crippen molar-refractivity contribution in [3.05, 3.63) is 35.6 Å². The highest BCUT2D eigenvalue weighted by atomic mass is 19.1. The van der Waals surface area contributed by atoms with E-state index in [1.807, 2.05) is 6.92 Å². The molecule has 1 fully saturated rings. The average molecular weight is 322 g/mol. The Morgan fingerprint density at radius 1 is 1.39 bits per heavy atom. The Morgan fingerprint density at radius 3 is 2.83 bits per heavy atom. The fraction of sp³-hybridized carbons (Fsp3) is 0.611. The minimum absolute atomic E-state index is 0.0371. The van der Waals surface area contributed by atoms with Gasteiger partial charge in [0.1, 0.15) is 5.82 Å². The van der Waals surface area contributed by atoms with Gasteiger partial charge in [0.05, 0.1) is 12.1 Å². The molecule has 1 aliphatic heterocycles. The molecule has 2 unspecified atom stereocenters. The van der Waals surface area contributed by atoms with E-state index < -0.39 is 0 Å². The van der Waals surface area contributed by atoms with E-state index >= 15 is 0 Å². The number of carbonyl (C=O) groups is 1. The fourth-order valence-electron chi connectivity index (χ4n) is 2.99. The van der Waals surface area contributed by atoms with Crippen molar-refractivity contribution in [3.63, 3.8) is 0 Å². The van der Waals surface area contributed by atoms with Crippen molar-refractivity contribution in [3.8, 4) is 0 Å². The molecule has 1 amide bonds. The zero-order valence-electron chi connectivity index (χ0n) is 13.8. The minimum atomic E-state index is -0.350. The van der Waals surface area contributed by atoms with Crippen molar-refractivity contribution < 1.29 is 14.3 Å². The molecule has 0 spiro atoms. The summed E-state index contributed by atoms with van der Waals surface area (Å²) >= 11 is 0. The van der Waals surface area contributed by atoms with Crippen molar-refractivity contribution in [1.82, 2.24) is 10.2 Å². The van der Waals surface area contributed by atoms with Crippen LogP contribution >= 0.6 is 0 Å². The van der Waals surface area contributed by atoms with Gasteiger partial charge in [-0.05, 0) is 49.9 Å². The first kappa shape index (κ1) is 17.9. The van der Waals surface area contributed by atoms with E-state index in [1.165, 1.54) is 12.1 Å². The molecule has 128 valence electrons. The van der Waals surface area contributed by atoms with Crippen LogP contribution in [-0.4, -0.2) is 41.1 Å². The minimum Gasteiger partial charge on any atom is -0.393 e. The maximum Gasteiger partial charge on any atom is 0.237 e. The van der Waals surface area contributed by atoms with Crippen LogP contribution in [0.5, 0.6) is 0 Å². The summed E-state index contributed by atoms with van der Waals surface area (Å²) in [5, 5.41) is 12.5. The number of likely N-dealkylation sites (tertiary alicyclic amines) is 1. The van der Waals surface area contributed by atoms with Gasteiger partial charge in [-0.3, -0.25) is 9.69 Å². The van der Waals surface area contributed by atoms with E-state index in [-0.39, 0.29) is 23.9 Å². The Bertz CT molecular complexity index is 492. The van der Waals surface area contributed by atoms with Crippen LogP contribution in [-0.2, 0) is 11.3 Å². The first-order valence-electron chi connectivity index (χ1n) is 8.54. The number of nitrogens with zero attached hydrogens (tertiary/aromatic N) is 1. The number of piperidine rings is 1. The quantitative estimate of drug-likeness (QED) is 0.811. The molecule has 1 aliphatic rings. The highest BCUT2D eigenvalue weighted by molar-refractivity contribution is 5.81. The molecule has 2 rings (SSSR count). The predicted molar refractivity (Wildman–Crippen MR) is 88.4 cm³/mol. The SMILES string of the molecule is CCC(O)CCNC(=O)C1CCCCN1Cc1ccc(F)cc1. The summed E-state index contributed by atoms with van der Waals surface area (Å²) in [6, 6.07) is 6.33. The summed E-state index contributed by atoms with van der Waals surface area (Å²) in [6.45, 7) is 3.98. The summed E-state index contributed by atoms with van der Waals surface area (Å²) < 4.78 is 13.0. The van der Waals surface area contributed by atoms with Gasteiger partial charge in [0.25, 0.3) is 0 Å². The second-order valence-electron chi connectivity index (χ2n) is 6.25. The van der Waals surface area contributed by atoms with E-state index in [9.17, 15) is 14.3 Å². The number of amides is 1. The van der Waals surface area contributed by atoms with Crippen LogP contribution < -0.4 is 5.32 Å². The lowest BCUT2D eigenvalue weighted by Crippen LogP contribution is -2.49. The predicted octanol–water partition coefficient (Wildman–Crippen LogP) is 2.46. The number of benzene rings is 1. The molecule has 1 heterocycles. The molecule has 2 N–H and O–H groups in total. The van der Waals surface area contributed by atoms with Crippen molar-refractivity contribution in [2.75, 3.05) is 13.1 Å². The van der Waals surface area contributed by atoms with Gasteiger partial charge >= 0.3 is 0 Å². The first-order valence-corrected chi connectivity index (χ1v) is 8.54. The van der Waals surface area contributed by atoms with E-state index in [4.69, 9.17) is 0 Å². The highest BCUT2D eigenvalue weighted by Gasteiger charge is 2.28. The summed E-state index contributed by atoms with van der Waals surface area (Å²) in [4.78, 5) is 14.6.